The van der Waals surface area contributed by atoms with Gasteiger partial charge >= 0.3 is 5.97 Å². The molecule has 0 N–H and O–H groups in total. The standard InChI is InChI=1S/C12H25BrO3Si/c1-7-9-10(16-17(4,5)6)12(3,13)11(14)15-8-2/h10H,7-9H2,1-6H3/t10-,12+/m1/s1. The Bertz CT molecular complexity index is 249. The summed E-state index contributed by atoms with van der Waals surface area (Å²) in [5, 5.41) is 0. The summed E-state index contributed by atoms with van der Waals surface area (Å²) in [5.74, 6) is -0.239. The van der Waals surface area contributed by atoms with Gasteiger partial charge in [0.2, 0.25) is 0 Å². The summed E-state index contributed by atoms with van der Waals surface area (Å²) in [6, 6.07) is 0. The molecule has 2 atom stereocenters. The van der Waals surface area contributed by atoms with Gasteiger partial charge in [0.1, 0.15) is 4.32 Å². The topological polar surface area (TPSA) is 35.5 Å². The normalized spacial score (nSPS) is 17.4. The van der Waals surface area contributed by atoms with Gasteiger partial charge in [0.05, 0.1) is 12.7 Å². The summed E-state index contributed by atoms with van der Waals surface area (Å²) in [4.78, 5) is 11.9. The summed E-state index contributed by atoms with van der Waals surface area (Å²) in [7, 11) is -1.67. The van der Waals surface area contributed by atoms with Crippen molar-refractivity contribution in [2.45, 2.75) is 63.7 Å². The third-order valence-corrected chi connectivity index (χ3v) is 4.15. The van der Waals surface area contributed by atoms with Crippen molar-refractivity contribution in [1.29, 1.82) is 0 Å². The SMILES string of the molecule is CCC[C@@H](O[Si](C)(C)C)[C@](C)(Br)C(=O)OCC. The maximum atomic E-state index is 11.9. The Balaban J connectivity index is 4.83. The molecule has 0 aromatic heterocycles. The van der Waals surface area contributed by atoms with Gasteiger partial charge < -0.3 is 9.16 Å². The van der Waals surface area contributed by atoms with E-state index in [0.29, 0.717) is 6.61 Å². The van der Waals surface area contributed by atoms with Gasteiger partial charge in [0, 0.05) is 0 Å². The van der Waals surface area contributed by atoms with Gasteiger partial charge in [-0.25, -0.2) is 0 Å². The first-order valence-electron chi connectivity index (χ1n) is 6.19. The number of alkyl halides is 1. The molecular formula is C12H25BrO3Si. The molecule has 0 aliphatic carbocycles. The molecule has 0 aromatic rings. The molecule has 0 bridgehead atoms. The summed E-state index contributed by atoms with van der Waals surface area (Å²) in [6.07, 6.45) is 1.71. The highest BCUT2D eigenvalue weighted by molar-refractivity contribution is 9.10. The van der Waals surface area contributed by atoms with Crippen molar-refractivity contribution in [2.24, 2.45) is 0 Å². The van der Waals surface area contributed by atoms with E-state index in [9.17, 15) is 4.79 Å². The second-order valence-electron chi connectivity index (χ2n) is 5.30. The lowest BCUT2D eigenvalue weighted by Gasteiger charge is -2.35. The van der Waals surface area contributed by atoms with E-state index < -0.39 is 12.6 Å². The molecular weight excluding hydrogens is 300 g/mol. The predicted octanol–water partition coefficient (Wildman–Crippen LogP) is 3.72. The Morgan fingerprint density at radius 3 is 2.24 bits per heavy atom. The maximum absolute atomic E-state index is 11.9. The molecule has 0 aliphatic rings. The molecule has 102 valence electrons. The maximum Gasteiger partial charge on any atom is 0.325 e. The van der Waals surface area contributed by atoms with Crippen molar-refractivity contribution in [1.82, 2.24) is 0 Å². The van der Waals surface area contributed by atoms with Gasteiger partial charge in [0.25, 0.3) is 0 Å². The van der Waals surface area contributed by atoms with Gasteiger partial charge in [-0.1, -0.05) is 29.3 Å². The average Bonchev–Trinajstić information content (AvgIpc) is 2.15. The molecule has 0 saturated heterocycles. The van der Waals surface area contributed by atoms with Crippen molar-refractivity contribution in [3.63, 3.8) is 0 Å². The fraction of sp³-hybridized carbons (Fsp3) is 0.917. The first-order chi connectivity index (χ1) is 7.65. The lowest BCUT2D eigenvalue weighted by atomic mass is 10.0. The molecule has 17 heavy (non-hydrogen) atoms. The minimum Gasteiger partial charge on any atom is -0.465 e. The lowest BCUT2D eigenvalue weighted by molar-refractivity contribution is -0.148. The van der Waals surface area contributed by atoms with E-state index in [1.807, 2.05) is 13.8 Å². The van der Waals surface area contributed by atoms with Crippen LogP contribution in [0.2, 0.25) is 19.6 Å². The Hall–Kier alpha value is 0.127. The number of hydrogen-bond donors (Lipinski definition) is 0. The highest BCUT2D eigenvalue weighted by Gasteiger charge is 2.42. The van der Waals surface area contributed by atoms with Crippen LogP contribution >= 0.6 is 15.9 Å². The van der Waals surface area contributed by atoms with Crippen LogP contribution in [0.5, 0.6) is 0 Å². The Kier molecular flexibility index (Phi) is 6.95. The van der Waals surface area contributed by atoms with Crippen molar-refractivity contribution in [3.05, 3.63) is 0 Å². The van der Waals surface area contributed by atoms with Gasteiger partial charge in [-0.3, -0.25) is 4.79 Å². The van der Waals surface area contributed by atoms with E-state index in [-0.39, 0.29) is 12.1 Å². The zero-order chi connectivity index (χ0) is 13.7. The van der Waals surface area contributed by atoms with Crippen LogP contribution in [-0.2, 0) is 14.0 Å². The number of carbonyl (C=O) groups excluding carboxylic acids is 1. The molecule has 3 nitrogen and oxygen atoms in total. The summed E-state index contributed by atoms with van der Waals surface area (Å²) in [6.45, 7) is 12.5. The molecule has 0 radical (unpaired) electrons. The number of hydrogen-bond acceptors (Lipinski definition) is 3. The fourth-order valence-electron chi connectivity index (χ4n) is 1.53. The number of esters is 1. The molecule has 5 heteroatoms. The summed E-state index contributed by atoms with van der Waals surface area (Å²) >= 11 is 3.49. The minimum absolute atomic E-state index is 0.127. The highest BCUT2D eigenvalue weighted by Crippen LogP contribution is 2.31. The monoisotopic (exact) mass is 324 g/mol. The number of ether oxygens (including phenoxy) is 1. The van der Waals surface area contributed by atoms with Crippen LogP contribution in [0.3, 0.4) is 0 Å². The van der Waals surface area contributed by atoms with Crippen LogP contribution in [-0.4, -0.2) is 31.3 Å². The number of rotatable bonds is 7. The van der Waals surface area contributed by atoms with E-state index in [1.54, 1.807) is 0 Å². The van der Waals surface area contributed by atoms with Gasteiger partial charge in [-0.15, -0.1) is 0 Å². The van der Waals surface area contributed by atoms with Gasteiger partial charge in [-0.05, 0) is 39.9 Å². The van der Waals surface area contributed by atoms with Crippen LogP contribution in [0.25, 0.3) is 0 Å². The molecule has 0 fully saturated rings. The molecule has 0 amide bonds. The summed E-state index contributed by atoms with van der Waals surface area (Å²) < 4.78 is 10.4. The molecule has 0 heterocycles. The van der Waals surface area contributed by atoms with E-state index in [1.165, 1.54) is 0 Å². The van der Waals surface area contributed by atoms with E-state index >= 15 is 0 Å². The third-order valence-electron chi connectivity index (χ3n) is 2.33. The van der Waals surface area contributed by atoms with Crippen LogP contribution < -0.4 is 0 Å². The largest absolute Gasteiger partial charge is 0.465 e. The smallest absolute Gasteiger partial charge is 0.325 e. The Morgan fingerprint density at radius 1 is 1.35 bits per heavy atom. The second-order valence-corrected chi connectivity index (χ2v) is 11.4. The van der Waals surface area contributed by atoms with Crippen molar-refractivity contribution in [3.8, 4) is 0 Å². The van der Waals surface area contributed by atoms with Crippen LogP contribution in [0.1, 0.15) is 33.6 Å². The van der Waals surface area contributed by atoms with Crippen molar-refractivity contribution in [2.75, 3.05) is 6.61 Å². The highest BCUT2D eigenvalue weighted by atomic mass is 79.9. The lowest BCUT2D eigenvalue weighted by Crippen LogP contribution is -2.48. The van der Waals surface area contributed by atoms with Gasteiger partial charge in [-0.2, -0.15) is 0 Å². The minimum atomic E-state index is -1.67. The molecule has 0 saturated carbocycles. The number of carbonyl (C=O) groups is 1. The third kappa shape index (κ3) is 6.02. The van der Waals surface area contributed by atoms with Crippen molar-refractivity contribution < 1.29 is 14.0 Å². The molecule has 0 unspecified atom stereocenters. The first-order valence-corrected chi connectivity index (χ1v) is 10.4. The molecule has 0 aromatic carbocycles. The van der Waals surface area contributed by atoms with Crippen LogP contribution in [0, 0.1) is 0 Å². The van der Waals surface area contributed by atoms with Crippen LogP contribution in [0.4, 0.5) is 0 Å². The molecule has 0 spiro atoms. The molecule has 0 rings (SSSR count). The van der Waals surface area contributed by atoms with E-state index in [4.69, 9.17) is 9.16 Å². The van der Waals surface area contributed by atoms with Crippen LogP contribution in [0.15, 0.2) is 0 Å². The van der Waals surface area contributed by atoms with Gasteiger partial charge in [0.15, 0.2) is 8.32 Å². The second kappa shape index (κ2) is 6.90. The Morgan fingerprint density at radius 2 is 1.88 bits per heavy atom. The molecule has 0 aliphatic heterocycles. The fourth-order valence-corrected chi connectivity index (χ4v) is 3.35. The quantitative estimate of drug-likeness (QED) is 0.406. The first kappa shape index (κ1) is 17.1. The van der Waals surface area contributed by atoms with E-state index in [2.05, 4.69) is 42.5 Å². The average molecular weight is 325 g/mol. The zero-order valence-electron chi connectivity index (χ0n) is 11.8. The number of halogens is 1. The predicted molar refractivity (Wildman–Crippen MR) is 77.1 cm³/mol. The Labute approximate surface area is 115 Å². The zero-order valence-corrected chi connectivity index (χ0v) is 14.4. The van der Waals surface area contributed by atoms with E-state index in [0.717, 1.165) is 12.8 Å². The van der Waals surface area contributed by atoms with Crippen molar-refractivity contribution >= 4 is 30.2 Å². The summed E-state index contributed by atoms with van der Waals surface area (Å²) in [5.41, 5.74) is 0.